The van der Waals surface area contributed by atoms with Crippen LogP contribution in [0.4, 0.5) is 11.6 Å². The maximum Gasteiger partial charge on any atom is 0.136 e. The van der Waals surface area contributed by atoms with Crippen molar-refractivity contribution in [3.63, 3.8) is 0 Å². The van der Waals surface area contributed by atoms with E-state index in [9.17, 15) is 5.11 Å². The van der Waals surface area contributed by atoms with Crippen molar-refractivity contribution in [1.82, 2.24) is 9.97 Å². The van der Waals surface area contributed by atoms with Crippen molar-refractivity contribution in [1.29, 1.82) is 0 Å². The van der Waals surface area contributed by atoms with E-state index in [1.807, 2.05) is 18.9 Å². The number of ether oxygens (including phenoxy) is 1. The highest BCUT2D eigenvalue weighted by Gasteiger charge is 2.31. The van der Waals surface area contributed by atoms with Gasteiger partial charge in [0, 0.05) is 51.8 Å². The van der Waals surface area contributed by atoms with Crippen LogP contribution in [-0.4, -0.2) is 54.0 Å². The Morgan fingerprint density at radius 1 is 1.38 bits per heavy atom. The normalized spacial score (nSPS) is 17.5. The second-order valence-corrected chi connectivity index (χ2v) is 5.79. The lowest BCUT2D eigenvalue weighted by Crippen LogP contribution is -2.46. The Morgan fingerprint density at radius 2 is 2.10 bits per heavy atom. The maximum atomic E-state index is 10.6. The van der Waals surface area contributed by atoms with Crippen molar-refractivity contribution < 1.29 is 9.84 Å². The Balaban J connectivity index is 2.09. The minimum Gasteiger partial charge on any atom is -0.388 e. The van der Waals surface area contributed by atoms with Gasteiger partial charge < -0.3 is 20.1 Å². The molecule has 1 aliphatic heterocycles. The molecule has 118 valence electrons. The van der Waals surface area contributed by atoms with E-state index in [4.69, 9.17) is 4.74 Å². The molecule has 6 heteroatoms. The van der Waals surface area contributed by atoms with Crippen molar-refractivity contribution in [2.45, 2.75) is 38.7 Å². The molecule has 1 aliphatic rings. The van der Waals surface area contributed by atoms with E-state index in [2.05, 4.69) is 22.2 Å². The van der Waals surface area contributed by atoms with Crippen LogP contribution in [0.25, 0.3) is 0 Å². The molecule has 0 radical (unpaired) electrons. The summed E-state index contributed by atoms with van der Waals surface area (Å²) in [6.07, 6.45) is 3.96. The predicted octanol–water partition coefficient (Wildman–Crippen LogP) is 1.58. The van der Waals surface area contributed by atoms with Crippen LogP contribution in [0.5, 0.6) is 0 Å². The van der Waals surface area contributed by atoms with E-state index in [-0.39, 0.29) is 0 Å². The van der Waals surface area contributed by atoms with Crippen LogP contribution in [-0.2, 0) is 4.74 Å². The van der Waals surface area contributed by atoms with Crippen molar-refractivity contribution in [2.75, 3.05) is 43.6 Å². The summed E-state index contributed by atoms with van der Waals surface area (Å²) in [5.41, 5.74) is 0.325. The first kappa shape index (κ1) is 16.0. The Kier molecular flexibility index (Phi) is 5.36. The second kappa shape index (κ2) is 7.04. The molecule has 21 heavy (non-hydrogen) atoms. The van der Waals surface area contributed by atoms with Gasteiger partial charge in [-0.2, -0.15) is 0 Å². The van der Waals surface area contributed by atoms with Crippen molar-refractivity contribution in [3.8, 4) is 0 Å². The highest BCUT2D eigenvalue weighted by atomic mass is 16.5. The SMILES string of the molecule is CCCNc1ncnc(N(C)CC2(O)CCOCC2)c1C. The summed E-state index contributed by atoms with van der Waals surface area (Å²) in [4.78, 5) is 10.7. The molecule has 0 spiro atoms. The molecular formula is C15H26N4O2. The standard InChI is InChI=1S/C15H26N4O2/c1-4-7-16-13-12(2)14(18-11-17-13)19(3)10-15(20)5-8-21-9-6-15/h11,20H,4-10H2,1-3H3,(H,16,17,18). The van der Waals surface area contributed by atoms with E-state index in [0.29, 0.717) is 32.6 Å². The van der Waals surface area contributed by atoms with Gasteiger partial charge in [0.1, 0.15) is 18.0 Å². The molecule has 0 aromatic carbocycles. The number of rotatable bonds is 6. The molecular weight excluding hydrogens is 268 g/mol. The monoisotopic (exact) mass is 294 g/mol. The molecule has 0 bridgehead atoms. The van der Waals surface area contributed by atoms with Crippen LogP contribution in [0.1, 0.15) is 31.7 Å². The number of nitrogens with one attached hydrogen (secondary N) is 1. The van der Waals surface area contributed by atoms with Crippen LogP contribution in [0.2, 0.25) is 0 Å². The van der Waals surface area contributed by atoms with E-state index < -0.39 is 5.60 Å². The lowest BCUT2D eigenvalue weighted by atomic mass is 9.94. The first-order chi connectivity index (χ1) is 10.1. The molecule has 0 amide bonds. The minimum absolute atomic E-state index is 0.557. The fourth-order valence-electron chi connectivity index (χ4n) is 2.67. The molecule has 2 heterocycles. The van der Waals surface area contributed by atoms with Gasteiger partial charge >= 0.3 is 0 Å². The van der Waals surface area contributed by atoms with E-state index in [1.54, 1.807) is 6.33 Å². The summed E-state index contributed by atoms with van der Waals surface area (Å²) in [5.74, 6) is 1.73. The van der Waals surface area contributed by atoms with Crippen LogP contribution < -0.4 is 10.2 Å². The summed E-state index contributed by atoms with van der Waals surface area (Å²) >= 11 is 0. The molecule has 2 N–H and O–H groups in total. The largest absolute Gasteiger partial charge is 0.388 e. The lowest BCUT2D eigenvalue weighted by molar-refractivity contribution is -0.0573. The van der Waals surface area contributed by atoms with E-state index in [1.165, 1.54) is 0 Å². The van der Waals surface area contributed by atoms with Crippen molar-refractivity contribution in [3.05, 3.63) is 11.9 Å². The zero-order valence-corrected chi connectivity index (χ0v) is 13.2. The van der Waals surface area contributed by atoms with Gasteiger partial charge in [-0.25, -0.2) is 9.97 Å². The molecule has 6 nitrogen and oxygen atoms in total. The highest BCUT2D eigenvalue weighted by Crippen LogP contribution is 2.26. The quantitative estimate of drug-likeness (QED) is 0.830. The van der Waals surface area contributed by atoms with Gasteiger partial charge in [0.05, 0.1) is 5.60 Å². The Hall–Kier alpha value is -1.40. The predicted molar refractivity (Wildman–Crippen MR) is 83.8 cm³/mol. The van der Waals surface area contributed by atoms with Gasteiger partial charge in [-0.3, -0.25) is 0 Å². The zero-order valence-electron chi connectivity index (χ0n) is 13.2. The molecule has 0 saturated carbocycles. The Labute approximate surface area is 126 Å². The van der Waals surface area contributed by atoms with E-state index in [0.717, 1.165) is 30.2 Å². The third kappa shape index (κ3) is 4.04. The van der Waals surface area contributed by atoms with Crippen LogP contribution in [0.3, 0.4) is 0 Å². The lowest BCUT2D eigenvalue weighted by Gasteiger charge is -2.36. The van der Waals surface area contributed by atoms with Crippen LogP contribution in [0.15, 0.2) is 6.33 Å². The number of aromatic nitrogens is 2. The molecule has 2 rings (SSSR count). The number of nitrogens with zero attached hydrogens (tertiary/aromatic N) is 3. The van der Waals surface area contributed by atoms with Gasteiger partial charge in [-0.15, -0.1) is 0 Å². The molecule has 0 aliphatic carbocycles. The van der Waals surface area contributed by atoms with Gasteiger partial charge in [-0.05, 0) is 13.3 Å². The first-order valence-corrected chi connectivity index (χ1v) is 7.62. The first-order valence-electron chi connectivity index (χ1n) is 7.62. The van der Waals surface area contributed by atoms with Crippen LogP contribution >= 0.6 is 0 Å². The number of likely N-dealkylation sites (N-methyl/N-ethyl adjacent to an activating group) is 1. The van der Waals surface area contributed by atoms with Gasteiger partial charge in [0.15, 0.2) is 0 Å². The minimum atomic E-state index is -0.693. The maximum absolute atomic E-state index is 10.6. The number of aliphatic hydroxyl groups is 1. The topological polar surface area (TPSA) is 70.5 Å². The Bertz CT molecular complexity index is 461. The summed E-state index contributed by atoms with van der Waals surface area (Å²) in [7, 11) is 1.96. The molecule has 1 aromatic heterocycles. The molecule has 0 unspecified atom stereocenters. The van der Waals surface area contributed by atoms with E-state index >= 15 is 0 Å². The number of hydrogen-bond acceptors (Lipinski definition) is 6. The molecule has 1 saturated heterocycles. The zero-order chi connectivity index (χ0) is 15.3. The summed E-state index contributed by atoms with van der Waals surface area (Å²) in [5, 5.41) is 13.9. The summed E-state index contributed by atoms with van der Waals surface area (Å²) in [6, 6.07) is 0. The fourth-order valence-corrected chi connectivity index (χ4v) is 2.67. The third-order valence-electron chi connectivity index (χ3n) is 3.92. The number of hydrogen-bond donors (Lipinski definition) is 2. The molecule has 0 atom stereocenters. The van der Waals surface area contributed by atoms with Gasteiger partial charge in [0.2, 0.25) is 0 Å². The summed E-state index contributed by atoms with van der Waals surface area (Å²) < 4.78 is 5.33. The van der Waals surface area contributed by atoms with Crippen molar-refractivity contribution in [2.24, 2.45) is 0 Å². The van der Waals surface area contributed by atoms with Crippen LogP contribution in [0, 0.1) is 6.92 Å². The molecule has 1 aromatic rings. The average Bonchev–Trinajstić information content (AvgIpc) is 2.46. The fraction of sp³-hybridized carbons (Fsp3) is 0.733. The summed E-state index contributed by atoms with van der Waals surface area (Å²) in [6.45, 7) is 6.82. The third-order valence-corrected chi connectivity index (χ3v) is 3.92. The van der Waals surface area contributed by atoms with Crippen molar-refractivity contribution >= 4 is 11.6 Å². The average molecular weight is 294 g/mol. The smallest absolute Gasteiger partial charge is 0.136 e. The number of anilines is 2. The highest BCUT2D eigenvalue weighted by molar-refractivity contribution is 5.57. The Morgan fingerprint density at radius 3 is 2.76 bits per heavy atom. The molecule has 1 fully saturated rings. The van der Waals surface area contributed by atoms with Gasteiger partial charge in [-0.1, -0.05) is 6.92 Å². The second-order valence-electron chi connectivity index (χ2n) is 5.79. The van der Waals surface area contributed by atoms with Gasteiger partial charge in [0.25, 0.3) is 0 Å².